The van der Waals surface area contributed by atoms with Gasteiger partial charge in [-0.2, -0.15) is 0 Å². The van der Waals surface area contributed by atoms with Crippen molar-refractivity contribution in [1.82, 2.24) is 0 Å². The van der Waals surface area contributed by atoms with E-state index in [0.717, 1.165) is 11.1 Å². The Labute approximate surface area is 119 Å². The van der Waals surface area contributed by atoms with Gasteiger partial charge in [-0.3, -0.25) is 4.79 Å². The molecule has 3 nitrogen and oxygen atoms in total. The summed E-state index contributed by atoms with van der Waals surface area (Å²) in [4.78, 5) is 12.4. The van der Waals surface area contributed by atoms with Crippen molar-refractivity contribution in [2.24, 2.45) is 0 Å². The monoisotopic (exact) mass is 269 g/mol. The van der Waals surface area contributed by atoms with Crippen LogP contribution in [0.3, 0.4) is 0 Å². The fourth-order valence-electron chi connectivity index (χ4n) is 2.15. The number of carbonyl (C=O) groups is 1. The predicted octanol–water partition coefficient (Wildman–Crippen LogP) is 3.61. The summed E-state index contributed by atoms with van der Waals surface area (Å²) >= 11 is 0. The molecule has 0 saturated heterocycles. The smallest absolute Gasteiger partial charge is 0.255 e. The molecular formula is C17H19NO2. The minimum absolute atomic E-state index is 0.153. The van der Waals surface area contributed by atoms with E-state index in [4.69, 9.17) is 0 Å². The molecule has 0 aliphatic rings. The molecule has 0 aliphatic heterocycles. The highest BCUT2D eigenvalue weighted by Crippen LogP contribution is 2.23. The number of nitrogens with one attached hydrogen (secondary N) is 1. The number of aliphatic hydroxyl groups excluding tert-OH is 1. The van der Waals surface area contributed by atoms with Gasteiger partial charge in [0, 0.05) is 16.8 Å². The highest BCUT2D eigenvalue weighted by Gasteiger charge is 2.13. The quantitative estimate of drug-likeness (QED) is 0.894. The zero-order chi connectivity index (χ0) is 14.7. The Kier molecular flexibility index (Phi) is 4.20. The molecule has 1 unspecified atom stereocenters. The molecule has 1 atom stereocenters. The Bertz CT molecular complexity index is 633. The van der Waals surface area contributed by atoms with Crippen LogP contribution in [0.25, 0.3) is 0 Å². The maximum absolute atomic E-state index is 12.4. The second-order valence-corrected chi connectivity index (χ2v) is 5.04. The molecule has 0 heterocycles. The third-order valence-corrected chi connectivity index (χ3v) is 3.30. The van der Waals surface area contributed by atoms with Crippen LogP contribution in [0.5, 0.6) is 0 Å². The number of benzene rings is 2. The first-order valence-corrected chi connectivity index (χ1v) is 6.64. The molecule has 2 rings (SSSR count). The Morgan fingerprint density at radius 1 is 1.15 bits per heavy atom. The van der Waals surface area contributed by atoms with E-state index in [9.17, 15) is 9.90 Å². The number of hydrogen-bond donors (Lipinski definition) is 2. The SMILES string of the molecule is Cc1ccc(C)c(C(=O)Nc2ccccc2C(C)O)c1. The second kappa shape index (κ2) is 5.88. The summed E-state index contributed by atoms with van der Waals surface area (Å²) in [5.41, 5.74) is 4.00. The van der Waals surface area contributed by atoms with Gasteiger partial charge in [0.25, 0.3) is 5.91 Å². The van der Waals surface area contributed by atoms with Gasteiger partial charge in [-0.15, -0.1) is 0 Å². The van der Waals surface area contributed by atoms with Gasteiger partial charge in [-0.25, -0.2) is 0 Å². The molecule has 0 bridgehead atoms. The normalized spacial score (nSPS) is 12.0. The number of carbonyl (C=O) groups excluding carboxylic acids is 1. The molecule has 0 saturated carbocycles. The van der Waals surface area contributed by atoms with E-state index in [0.29, 0.717) is 16.8 Å². The number of rotatable bonds is 3. The zero-order valence-corrected chi connectivity index (χ0v) is 12.0. The van der Waals surface area contributed by atoms with E-state index in [1.54, 1.807) is 13.0 Å². The lowest BCUT2D eigenvalue weighted by molar-refractivity contribution is 0.102. The molecule has 0 spiro atoms. The predicted molar refractivity (Wildman–Crippen MR) is 80.9 cm³/mol. The molecule has 104 valence electrons. The second-order valence-electron chi connectivity index (χ2n) is 5.04. The molecule has 0 aliphatic carbocycles. The van der Waals surface area contributed by atoms with Crippen LogP contribution < -0.4 is 5.32 Å². The number of para-hydroxylation sites is 1. The Morgan fingerprint density at radius 2 is 1.85 bits per heavy atom. The molecule has 0 radical (unpaired) electrons. The summed E-state index contributed by atoms with van der Waals surface area (Å²) in [5, 5.41) is 12.6. The van der Waals surface area contributed by atoms with Crippen molar-refractivity contribution < 1.29 is 9.90 Å². The number of hydrogen-bond acceptors (Lipinski definition) is 2. The van der Waals surface area contributed by atoms with Crippen LogP contribution in [0.15, 0.2) is 42.5 Å². The Morgan fingerprint density at radius 3 is 2.55 bits per heavy atom. The molecule has 2 aromatic rings. The van der Waals surface area contributed by atoms with E-state index >= 15 is 0 Å². The highest BCUT2D eigenvalue weighted by atomic mass is 16.3. The minimum Gasteiger partial charge on any atom is -0.389 e. The maximum atomic E-state index is 12.4. The summed E-state index contributed by atoms with van der Waals surface area (Å²) in [5.74, 6) is -0.153. The third-order valence-electron chi connectivity index (χ3n) is 3.30. The van der Waals surface area contributed by atoms with Crippen molar-refractivity contribution in [3.63, 3.8) is 0 Å². The van der Waals surface area contributed by atoms with Gasteiger partial charge in [0.2, 0.25) is 0 Å². The summed E-state index contributed by atoms with van der Waals surface area (Å²) in [6.45, 7) is 5.55. The lowest BCUT2D eigenvalue weighted by Crippen LogP contribution is -2.15. The van der Waals surface area contributed by atoms with Crippen LogP contribution in [-0.2, 0) is 0 Å². The number of aliphatic hydroxyl groups is 1. The van der Waals surface area contributed by atoms with Crippen LogP contribution in [0, 0.1) is 13.8 Å². The van der Waals surface area contributed by atoms with E-state index in [1.807, 2.05) is 50.2 Å². The fourth-order valence-corrected chi connectivity index (χ4v) is 2.15. The molecule has 20 heavy (non-hydrogen) atoms. The summed E-state index contributed by atoms with van der Waals surface area (Å²) < 4.78 is 0. The highest BCUT2D eigenvalue weighted by molar-refractivity contribution is 6.05. The average molecular weight is 269 g/mol. The van der Waals surface area contributed by atoms with Gasteiger partial charge >= 0.3 is 0 Å². The fraction of sp³-hybridized carbons (Fsp3) is 0.235. The van der Waals surface area contributed by atoms with Gasteiger partial charge in [-0.1, -0.05) is 35.9 Å². The molecule has 0 aromatic heterocycles. The van der Waals surface area contributed by atoms with Crippen molar-refractivity contribution in [2.45, 2.75) is 26.9 Å². The van der Waals surface area contributed by atoms with Crippen LogP contribution in [0.4, 0.5) is 5.69 Å². The van der Waals surface area contributed by atoms with Crippen molar-refractivity contribution >= 4 is 11.6 Å². The molecule has 2 aromatic carbocycles. The third kappa shape index (κ3) is 3.06. The van der Waals surface area contributed by atoms with Gasteiger partial charge in [-0.05, 0) is 38.5 Å². The maximum Gasteiger partial charge on any atom is 0.255 e. The first-order valence-electron chi connectivity index (χ1n) is 6.64. The van der Waals surface area contributed by atoms with Crippen LogP contribution in [0.2, 0.25) is 0 Å². The van der Waals surface area contributed by atoms with Gasteiger partial charge < -0.3 is 10.4 Å². The molecular weight excluding hydrogens is 250 g/mol. The number of anilines is 1. The zero-order valence-electron chi connectivity index (χ0n) is 12.0. The van der Waals surface area contributed by atoms with E-state index < -0.39 is 6.10 Å². The Balaban J connectivity index is 2.31. The van der Waals surface area contributed by atoms with E-state index in [2.05, 4.69) is 5.32 Å². The van der Waals surface area contributed by atoms with Crippen LogP contribution >= 0.6 is 0 Å². The van der Waals surface area contributed by atoms with Gasteiger partial charge in [0.15, 0.2) is 0 Å². The first-order chi connectivity index (χ1) is 9.49. The molecule has 1 amide bonds. The average Bonchev–Trinajstić information content (AvgIpc) is 2.41. The van der Waals surface area contributed by atoms with Gasteiger partial charge in [0.1, 0.15) is 0 Å². The van der Waals surface area contributed by atoms with Gasteiger partial charge in [0.05, 0.1) is 6.10 Å². The number of aryl methyl sites for hydroxylation is 2. The largest absolute Gasteiger partial charge is 0.389 e. The van der Waals surface area contributed by atoms with Crippen molar-refractivity contribution in [1.29, 1.82) is 0 Å². The minimum atomic E-state index is -0.620. The first kappa shape index (κ1) is 14.3. The lowest BCUT2D eigenvalue weighted by Gasteiger charge is -2.14. The molecule has 2 N–H and O–H groups in total. The van der Waals surface area contributed by atoms with Crippen LogP contribution in [0.1, 0.15) is 40.1 Å². The molecule has 3 heteroatoms. The number of amides is 1. The van der Waals surface area contributed by atoms with Crippen molar-refractivity contribution in [3.05, 3.63) is 64.7 Å². The van der Waals surface area contributed by atoms with Crippen molar-refractivity contribution in [3.8, 4) is 0 Å². The topological polar surface area (TPSA) is 49.3 Å². The van der Waals surface area contributed by atoms with E-state index in [1.165, 1.54) is 0 Å². The summed E-state index contributed by atoms with van der Waals surface area (Å²) in [6.07, 6.45) is -0.620. The summed E-state index contributed by atoms with van der Waals surface area (Å²) in [6, 6.07) is 13.1. The van der Waals surface area contributed by atoms with Crippen LogP contribution in [-0.4, -0.2) is 11.0 Å². The van der Waals surface area contributed by atoms with E-state index in [-0.39, 0.29) is 5.91 Å². The lowest BCUT2D eigenvalue weighted by atomic mass is 10.0. The molecule has 0 fully saturated rings. The standard InChI is InChI=1S/C17H19NO2/c1-11-8-9-12(2)15(10-11)17(20)18-16-7-5-4-6-14(16)13(3)19/h4-10,13,19H,1-3H3,(H,18,20). The van der Waals surface area contributed by atoms with Crippen molar-refractivity contribution in [2.75, 3.05) is 5.32 Å². The summed E-state index contributed by atoms with van der Waals surface area (Å²) in [7, 11) is 0. The Hall–Kier alpha value is -2.13.